The summed E-state index contributed by atoms with van der Waals surface area (Å²) < 4.78 is 2.59. The van der Waals surface area contributed by atoms with Crippen molar-refractivity contribution in [2.24, 2.45) is 0 Å². The van der Waals surface area contributed by atoms with Gasteiger partial charge in [0.1, 0.15) is 4.60 Å². The van der Waals surface area contributed by atoms with E-state index in [4.69, 9.17) is 0 Å². The van der Waals surface area contributed by atoms with Crippen LogP contribution in [0.25, 0.3) is 5.65 Å². The van der Waals surface area contributed by atoms with Crippen LogP contribution < -0.4 is 5.32 Å². The topological polar surface area (TPSA) is 59.3 Å². The third-order valence-corrected chi connectivity index (χ3v) is 4.46. The summed E-state index contributed by atoms with van der Waals surface area (Å²) in [5.41, 5.74) is 0.912. The molecule has 0 fully saturated rings. The Bertz CT molecular complexity index is 586. The summed E-state index contributed by atoms with van der Waals surface area (Å²) in [4.78, 5) is 20.4. The van der Waals surface area contributed by atoms with Gasteiger partial charge in [0, 0.05) is 24.2 Å². The minimum atomic E-state index is -0.183. The number of aromatic nitrogens is 3. The number of carbonyl (C=O) groups excluding carboxylic acids is 1. The number of nitrogens with zero attached hydrogens (tertiary/aromatic N) is 3. The van der Waals surface area contributed by atoms with Crippen molar-refractivity contribution in [3.63, 3.8) is 0 Å². The number of fused-ring (bicyclic) bond motifs is 1. The summed E-state index contributed by atoms with van der Waals surface area (Å²) in [5, 5.41) is 3.41. The highest BCUT2D eigenvalue weighted by atomic mass is 79.9. The predicted octanol–water partition coefficient (Wildman–Crippen LogP) is 2.36. The first kappa shape index (κ1) is 14.3. The summed E-state index contributed by atoms with van der Waals surface area (Å²) in [6, 6.07) is 0. The zero-order valence-electron chi connectivity index (χ0n) is 10.8. The van der Waals surface area contributed by atoms with Gasteiger partial charge in [-0.25, -0.2) is 9.97 Å². The number of rotatable bonds is 5. The molecule has 19 heavy (non-hydrogen) atoms. The normalized spacial score (nSPS) is 12.6. The highest BCUT2D eigenvalue weighted by Gasteiger charge is 2.14. The van der Waals surface area contributed by atoms with Crippen molar-refractivity contribution in [3.8, 4) is 0 Å². The van der Waals surface area contributed by atoms with Crippen LogP contribution in [0.15, 0.2) is 23.2 Å². The van der Waals surface area contributed by atoms with Crippen molar-refractivity contribution < 1.29 is 4.79 Å². The van der Waals surface area contributed by atoms with Crippen LogP contribution in [0.3, 0.4) is 0 Å². The van der Waals surface area contributed by atoms with E-state index in [9.17, 15) is 4.79 Å². The largest absolute Gasteiger partial charge is 0.351 e. The summed E-state index contributed by atoms with van der Waals surface area (Å²) >= 11 is 5.16. The third-order valence-electron chi connectivity index (χ3n) is 2.84. The standard InChI is InChI=1S/C12H15BrN4OS/c1-8(19-2)3-4-15-12(18)10-11-16-7-9(13)17(11)6-5-14-10/h5-8H,3-4H2,1-2H3,(H,15,18). The number of halogens is 1. The van der Waals surface area contributed by atoms with E-state index in [2.05, 4.69) is 44.4 Å². The predicted molar refractivity (Wildman–Crippen MR) is 80.6 cm³/mol. The second-order valence-corrected chi connectivity index (χ2v) is 6.23. The summed E-state index contributed by atoms with van der Waals surface area (Å²) in [5.74, 6) is -0.183. The van der Waals surface area contributed by atoms with E-state index in [1.165, 1.54) is 0 Å². The Morgan fingerprint density at radius 2 is 2.37 bits per heavy atom. The molecule has 102 valence electrons. The molecular weight excluding hydrogens is 328 g/mol. The van der Waals surface area contributed by atoms with E-state index in [-0.39, 0.29) is 5.91 Å². The van der Waals surface area contributed by atoms with Crippen LogP contribution in [0, 0.1) is 0 Å². The molecular formula is C12H15BrN4OS. The van der Waals surface area contributed by atoms with Crippen molar-refractivity contribution in [3.05, 3.63) is 28.9 Å². The monoisotopic (exact) mass is 342 g/mol. The molecule has 2 heterocycles. The van der Waals surface area contributed by atoms with E-state index in [1.54, 1.807) is 34.8 Å². The van der Waals surface area contributed by atoms with Crippen molar-refractivity contribution in [2.75, 3.05) is 12.8 Å². The lowest BCUT2D eigenvalue weighted by Crippen LogP contribution is -2.27. The molecule has 0 aliphatic heterocycles. The molecule has 0 bridgehead atoms. The number of hydrogen-bond acceptors (Lipinski definition) is 4. The zero-order chi connectivity index (χ0) is 13.8. The van der Waals surface area contributed by atoms with Gasteiger partial charge in [-0.05, 0) is 28.6 Å². The summed E-state index contributed by atoms with van der Waals surface area (Å²) in [6.07, 6.45) is 8.02. The van der Waals surface area contributed by atoms with Gasteiger partial charge in [0.05, 0.1) is 6.20 Å². The highest BCUT2D eigenvalue weighted by molar-refractivity contribution is 9.10. The average molecular weight is 343 g/mol. The molecule has 0 aliphatic rings. The van der Waals surface area contributed by atoms with E-state index in [0.29, 0.717) is 23.1 Å². The molecule has 0 aliphatic carbocycles. The second-order valence-electron chi connectivity index (χ2n) is 4.14. The fourth-order valence-corrected chi connectivity index (χ4v) is 2.38. The molecule has 0 saturated heterocycles. The maximum Gasteiger partial charge on any atom is 0.273 e. The Kier molecular flexibility index (Phi) is 4.81. The number of hydrogen-bond donors (Lipinski definition) is 1. The van der Waals surface area contributed by atoms with Crippen LogP contribution in [0.5, 0.6) is 0 Å². The fraction of sp³-hybridized carbons (Fsp3) is 0.417. The Hall–Kier alpha value is -1.08. The van der Waals surface area contributed by atoms with Crippen LogP contribution in [0.2, 0.25) is 0 Å². The number of imidazole rings is 1. The number of nitrogens with one attached hydrogen (secondary N) is 1. The maximum absolute atomic E-state index is 12.1. The minimum Gasteiger partial charge on any atom is -0.351 e. The Labute approximate surface area is 124 Å². The van der Waals surface area contributed by atoms with Gasteiger partial charge in [-0.1, -0.05) is 6.92 Å². The third kappa shape index (κ3) is 3.27. The van der Waals surface area contributed by atoms with Crippen molar-refractivity contribution >= 4 is 39.2 Å². The van der Waals surface area contributed by atoms with Gasteiger partial charge < -0.3 is 5.32 Å². The van der Waals surface area contributed by atoms with Crippen molar-refractivity contribution in [1.29, 1.82) is 0 Å². The van der Waals surface area contributed by atoms with Crippen LogP contribution in [-0.4, -0.2) is 38.3 Å². The van der Waals surface area contributed by atoms with E-state index in [1.807, 2.05) is 0 Å². The second kappa shape index (κ2) is 6.38. The van der Waals surface area contributed by atoms with Gasteiger partial charge in [0.2, 0.25) is 0 Å². The highest BCUT2D eigenvalue weighted by Crippen LogP contribution is 2.14. The van der Waals surface area contributed by atoms with E-state index >= 15 is 0 Å². The molecule has 0 radical (unpaired) electrons. The molecule has 5 nitrogen and oxygen atoms in total. The zero-order valence-corrected chi connectivity index (χ0v) is 13.2. The van der Waals surface area contributed by atoms with Crippen LogP contribution in [0.4, 0.5) is 0 Å². The molecule has 2 rings (SSSR count). The average Bonchev–Trinajstić information content (AvgIpc) is 2.80. The van der Waals surface area contributed by atoms with Crippen molar-refractivity contribution in [1.82, 2.24) is 19.7 Å². The summed E-state index contributed by atoms with van der Waals surface area (Å²) in [6.45, 7) is 2.78. The molecule has 0 saturated carbocycles. The molecule has 7 heteroatoms. The minimum absolute atomic E-state index is 0.183. The lowest BCUT2D eigenvalue weighted by Gasteiger charge is -2.09. The van der Waals surface area contributed by atoms with Gasteiger partial charge in [0.15, 0.2) is 11.3 Å². The molecule has 1 unspecified atom stereocenters. The fourth-order valence-electron chi connectivity index (χ4n) is 1.64. The van der Waals surface area contributed by atoms with E-state index < -0.39 is 0 Å². The molecule has 0 aromatic carbocycles. The molecule has 1 amide bonds. The van der Waals surface area contributed by atoms with Gasteiger partial charge in [0.25, 0.3) is 5.91 Å². The first-order valence-electron chi connectivity index (χ1n) is 5.92. The first-order chi connectivity index (χ1) is 9.13. The number of thioether (sulfide) groups is 1. The SMILES string of the molecule is CSC(C)CCNC(=O)c1nccn2c(Br)cnc12. The number of carbonyl (C=O) groups is 1. The molecule has 1 atom stereocenters. The first-order valence-corrected chi connectivity index (χ1v) is 8.00. The summed E-state index contributed by atoms with van der Waals surface area (Å²) in [7, 11) is 0. The lowest BCUT2D eigenvalue weighted by molar-refractivity contribution is 0.0949. The lowest BCUT2D eigenvalue weighted by atomic mass is 10.3. The molecule has 2 aromatic heterocycles. The van der Waals surface area contributed by atoms with E-state index in [0.717, 1.165) is 11.0 Å². The Balaban J connectivity index is 2.09. The van der Waals surface area contributed by atoms with Gasteiger partial charge in [-0.3, -0.25) is 9.20 Å². The van der Waals surface area contributed by atoms with Crippen LogP contribution >= 0.6 is 27.7 Å². The molecule has 1 N–H and O–H groups in total. The van der Waals surface area contributed by atoms with Gasteiger partial charge in [-0.15, -0.1) is 0 Å². The maximum atomic E-state index is 12.1. The molecule has 2 aromatic rings. The van der Waals surface area contributed by atoms with Crippen molar-refractivity contribution in [2.45, 2.75) is 18.6 Å². The smallest absolute Gasteiger partial charge is 0.273 e. The van der Waals surface area contributed by atoms with Crippen LogP contribution in [0.1, 0.15) is 23.8 Å². The number of amides is 1. The Morgan fingerprint density at radius 1 is 1.58 bits per heavy atom. The Morgan fingerprint density at radius 3 is 3.11 bits per heavy atom. The molecule has 0 spiro atoms. The quantitative estimate of drug-likeness (QED) is 0.906. The van der Waals surface area contributed by atoms with Crippen LogP contribution in [-0.2, 0) is 0 Å². The van der Waals surface area contributed by atoms with Gasteiger partial charge in [-0.2, -0.15) is 11.8 Å². The van der Waals surface area contributed by atoms with Gasteiger partial charge >= 0.3 is 0 Å².